The van der Waals surface area contributed by atoms with Crippen LogP contribution >= 0.6 is 11.3 Å². The maximum absolute atomic E-state index is 13.9. The number of halogens is 1. The zero-order valence-corrected chi connectivity index (χ0v) is 19.4. The van der Waals surface area contributed by atoms with Gasteiger partial charge in [-0.3, -0.25) is 19.3 Å². The average molecular weight is 479 g/mol. The summed E-state index contributed by atoms with van der Waals surface area (Å²) in [5.41, 5.74) is 0.838. The zero-order valence-electron chi connectivity index (χ0n) is 18.5. The van der Waals surface area contributed by atoms with Gasteiger partial charge in [-0.05, 0) is 49.7 Å². The smallest absolute Gasteiger partial charge is 0.297 e. The lowest BCUT2D eigenvalue weighted by molar-refractivity contribution is 0.0969. The molecule has 4 aromatic rings. The van der Waals surface area contributed by atoms with Gasteiger partial charge < -0.3 is 9.15 Å². The van der Waals surface area contributed by atoms with Crippen LogP contribution in [0.15, 0.2) is 51.7 Å². The number of rotatable bonds is 5. The molecule has 0 radical (unpaired) electrons. The van der Waals surface area contributed by atoms with Crippen LogP contribution < -0.4 is 15.1 Å². The fourth-order valence-electron chi connectivity index (χ4n) is 4.18. The third-order valence-electron chi connectivity index (χ3n) is 5.65. The van der Waals surface area contributed by atoms with Crippen molar-refractivity contribution in [1.82, 2.24) is 4.98 Å². The number of anilines is 1. The fraction of sp³-hybridized carbons (Fsp3) is 0.200. The minimum Gasteiger partial charge on any atom is -0.494 e. The number of fused-ring (bicyclic) bond motifs is 2. The highest BCUT2D eigenvalue weighted by atomic mass is 32.1. The van der Waals surface area contributed by atoms with Gasteiger partial charge in [0.2, 0.25) is 5.76 Å². The van der Waals surface area contributed by atoms with E-state index in [4.69, 9.17) is 9.15 Å². The highest BCUT2D eigenvalue weighted by Gasteiger charge is 2.45. The van der Waals surface area contributed by atoms with Crippen LogP contribution in [0, 0.1) is 12.7 Å². The molecule has 1 amide bonds. The Hall–Kier alpha value is -3.85. The molecule has 2 aromatic heterocycles. The quantitative estimate of drug-likeness (QED) is 0.373. The van der Waals surface area contributed by atoms with Crippen LogP contribution in [0.2, 0.25) is 0 Å². The molecule has 7 nitrogen and oxygen atoms in total. The van der Waals surface area contributed by atoms with Crippen molar-refractivity contribution in [3.63, 3.8) is 0 Å². The Morgan fingerprint density at radius 3 is 2.59 bits per heavy atom. The number of carbonyl (C=O) groups excluding carboxylic acids is 2. The van der Waals surface area contributed by atoms with Crippen molar-refractivity contribution in [2.45, 2.75) is 26.8 Å². The number of thiazole rings is 1. The Morgan fingerprint density at radius 2 is 1.94 bits per heavy atom. The molecule has 0 spiro atoms. The summed E-state index contributed by atoms with van der Waals surface area (Å²) in [6, 6.07) is 9.74. The molecular weight excluding hydrogens is 459 g/mol. The van der Waals surface area contributed by atoms with Crippen LogP contribution in [0.3, 0.4) is 0 Å². The Balaban J connectivity index is 1.76. The number of Topliss-reactive ketones (excluding diaryl/α,β-unsaturated/α-hetero) is 1. The van der Waals surface area contributed by atoms with Gasteiger partial charge in [0, 0.05) is 6.92 Å². The maximum atomic E-state index is 13.9. The van der Waals surface area contributed by atoms with Crippen LogP contribution in [-0.2, 0) is 0 Å². The fourth-order valence-corrected chi connectivity index (χ4v) is 5.17. The SMILES string of the molecule is CCOc1ccc(C2c3c(oc4ccc(F)cc4c3=O)C(=O)N2c2nc(C)c(C(C)=O)s2)cc1. The normalized spacial score (nSPS) is 15.1. The first-order valence-electron chi connectivity index (χ1n) is 10.6. The van der Waals surface area contributed by atoms with Crippen molar-refractivity contribution < 1.29 is 23.1 Å². The van der Waals surface area contributed by atoms with Gasteiger partial charge >= 0.3 is 0 Å². The van der Waals surface area contributed by atoms with E-state index in [0.29, 0.717) is 28.5 Å². The first-order valence-corrected chi connectivity index (χ1v) is 11.4. The van der Waals surface area contributed by atoms with E-state index in [1.54, 1.807) is 31.2 Å². The Labute approximate surface area is 197 Å². The minimum absolute atomic E-state index is 0.0454. The third kappa shape index (κ3) is 3.40. The van der Waals surface area contributed by atoms with Crippen molar-refractivity contribution in [2.24, 2.45) is 0 Å². The average Bonchev–Trinajstić information content (AvgIpc) is 3.33. The lowest BCUT2D eigenvalue weighted by Gasteiger charge is -2.22. The maximum Gasteiger partial charge on any atom is 0.297 e. The number of ether oxygens (including phenoxy) is 1. The number of hydrogen-bond acceptors (Lipinski definition) is 7. The molecule has 0 fully saturated rings. The monoisotopic (exact) mass is 478 g/mol. The minimum atomic E-state index is -0.868. The van der Waals surface area contributed by atoms with Gasteiger partial charge in [-0.1, -0.05) is 23.5 Å². The first-order chi connectivity index (χ1) is 16.3. The summed E-state index contributed by atoms with van der Waals surface area (Å²) < 4.78 is 25.3. The summed E-state index contributed by atoms with van der Waals surface area (Å²) in [4.78, 5) is 45.4. The predicted octanol–water partition coefficient (Wildman–Crippen LogP) is 5.05. The second-order valence-corrected chi connectivity index (χ2v) is 8.84. The first kappa shape index (κ1) is 22.0. The molecule has 3 heterocycles. The summed E-state index contributed by atoms with van der Waals surface area (Å²) in [5.74, 6) is -0.793. The molecular formula is C25H19FN2O5S. The number of benzene rings is 2. The standard InChI is InChI=1S/C25H19FN2O5S/c1-4-32-16-8-5-14(6-9-16)20-19-21(30)17-11-15(26)7-10-18(17)33-22(19)24(31)28(20)25-27-12(2)23(34-25)13(3)29/h5-11,20H,4H2,1-3H3. The molecule has 0 saturated heterocycles. The van der Waals surface area contributed by atoms with Gasteiger partial charge in [0.25, 0.3) is 5.91 Å². The van der Waals surface area contributed by atoms with Gasteiger partial charge in [0.1, 0.15) is 17.1 Å². The number of aromatic nitrogens is 1. The van der Waals surface area contributed by atoms with Crippen molar-refractivity contribution in [2.75, 3.05) is 11.5 Å². The second kappa shape index (κ2) is 8.18. The number of aryl methyl sites for hydroxylation is 1. The summed E-state index contributed by atoms with van der Waals surface area (Å²) in [6.07, 6.45) is 0. The molecule has 1 aliphatic rings. The Morgan fingerprint density at radius 1 is 1.21 bits per heavy atom. The molecule has 1 aliphatic heterocycles. The number of carbonyl (C=O) groups is 2. The summed E-state index contributed by atoms with van der Waals surface area (Å²) >= 11 is 1.08. The van der Waals surface area contributed by atoms with E-state index in [0.717, 1.165) is 17.4 Å². The highest BCUT2D eigenvalue weighted by molar-refractivity contribution is 7.17. The molecule has 1 atom stereocenters. The van der Waals surface area contributed by atoms with E-state index in [9.17, 15) is 18.8 Å². The van der Waals surface area contributed by atoms with E-state index in [2.05, 4.69) is 4.98 Å². The summed E-state index contributed by atoms with van der Waals surface area (Å²) in [5, 5.41) is 0.316. The van der Waals surface area contributed by atoms with Gasteiger partial charge in [0.05, 0.1) is 34.2 Å². The largest absolute Gasteiger partial charge is 0.494 e. The summed E-state index contributed by atoms with van der Waals surface area (Å²) in [7, 11) is 0. The molecule has 0 saturated carbocycles. The molecule has 5 rings (SSSR count). The van der Waals surface area contributed by atoms with E-state index in [-0.39, 0.29) is 33.2 Å². The number of amides is 1. The highest BCUT2D eigenvalue weighted by Crippen LogP contribution is 2.43. The van der Waals surface area contributed by atoms with Gasteiger partial charge in [-0.2, -0.15) is 0 Å². The predicted molar refractivity (Wildman–Crippen MR) is 126 cm³/mol. The van der Waals surface area contributed by atoms with Crippen molar-refractivity contribution >= 4 is 39.1 Å². The van der Waals surface area contributed by atoms with Gasteiger partial charge in [-0.15, -0.1) is 0 Å². The van der Waals surface area contributed by atoms with Crippen LogP contribution in [-0.4, -0.2) is 23.3 Å². The van der Waals surface area contributed by atoms with Crippen LogP contribution in [0.5, 0.6) is 5.75 Å². The van der Waals surface area contributed by atoms with Crippen LogP contribution in [0.25, 0.3) is 11.0 Å². The topological polar surface area (TPSA) is 89.7 Å². The van der Waals surface area contributed by atoms with Crippen LogP contribution in [0.4, 0.5) is 9.52 Å². The van der Waals surface area contributed by atoms with Gasteiger partial charge in [0.15, 0.2) is 16.3 Å². The molecule has 0 N–H and O–H groups in total. The molecule has 172 valence electrons. The Bertz CT molecular complexity index is 1520. The van der Waals surface area contributed by atoms with Crippen LogP contribution in [0.1, 0.15) is 56.9 Å². The third-order valence-corrected chi connectivity index (χ3v) is 6.91. The van der Waals surface area contributed by atoms with E-state index < -0.39 is 23.2 Å². The molecule has 1 unspecified atom stereocenters. The van der Waals surface area contributed by atoms with Crippen molar-refractivity contribution in [3.8, 4) is 5.75 Å². The van der Waals surface area contributed by atoms with E-state index in [1.165, 1.54) is 24.0 Å². The zero-order chi connectivity index (χ0) is 24.1. The molecule has 0 bridgehead atoms. The molecule has 9 heteroatoms. The van der Waals surface area contributed by atoms with Crippen molar-refractivity contribution in [3.05, 3.63) is 86.0 Å². The molecule has 0 aliphatic carbocycles. The van der Waals surface area contributed by atoms with Crippen molar-refractivity contribution in [1.29, 1.82) is 0 Å². The Kier molecular flexibility index (Phi) is 5.28. The lowest BCUT2D eigenvalue weighted by atomic mass is 9.98. The number of hydrogen-bond donors (Lipinski definition) is 0. The number of ketones is 1. The summed E-state index contributed by atoms with van der Waals surface area (Å²) in [6.45, 7) is 5.48. The second-order valence-electron chi connectivity index (χ2n) is 7.86. The van der Waals surface area contributed by atoms with E-state index in [1.807, 2.05) is 6.92 Å². The molecule has 34 heavy (non-hydrogen) atoms. The lowest BCUT2D eigenvalue weighted by Crippen LogP contribution is -2.29. The van der Waals surface area contributed by atoms with Gasteiger partial charge in [-0.25, -0.2) is 9.37 Å². The van der Waals surface area contributed by atoms with E-state index >= 15 is 0 Å². The number of nitrogens with zero attached hydrogens (tertiary/aromatic N) is 2. The molecule has 2 aromatic carbocycles.